The van der Waals surface area contributed by atoms with Gasteiger partial charge in [-0.25, -0.2) is 0 Å². The number of nitrogens with two attached hydrogens (primary N) is 1. The standard InChI is InChI=1S/C10H21N/c1-10(2)7-5-3-4-6-9(11)8-10/h9H,3-8,11H2,1-2H3. The van der Waals surface area contributed by atoms with Crippen LogP contribution in [-0.2, 0) is 0 Å². The van der Waals surface area contributed by atoms with Gasteiger partial charge < -0.3 is 5.73 Å². The minimum Gasteiger partial charge on any atom is -0.328 e. The molecule has 1 fully saturated rings. The van der Waals surface area contributed by atoms with Gasteiger partial charge in [-0.3, -0.25) is 0 Å². The molecule has 1 unspecified atom stereocenters. The van der Waals surface area contributed by atoms with Crippen molar-refractivity contribution in [1.29, 1.82) is 0 Å². The molecule has 0 aromatic heterocycles. The summed E-state index contributed by atoms with van der Waals surface area (Å²) in [5, 5.41) is 0. The lowest BCUT2D eigenvalue weighted by Crippen LogP contribution is -2.29. The maximum atomic E-state index is 5.98. The zero-order valence-corrected chi connectivity index (χ0v) is 7.90. The van der Waals surface area contributed by atoms with Gasteiger partial charge in [-0.1, -0.05) is 33.1 Å². The van der Waals surface area contributed by atoms with E-state index in [-0.39, 0.29) is 0 Å². The van der Waals surface area contributed by atoms with Crippen LogP contribution in [0, 0.1) is 5.41 Å². The summed E-state index contributed by atoms with van der Waals surface area (Å²) < 4.78 is 0. The first-order valence-corrected chi connectivity index (χ1v) is 4.86. The van der Waals surface area contributed by atoms with Crippen LogP contribution in [0.4, 0.5) is 0 Å². The van der Waals surface area contributed by atoms with Gasteiger partial charge in [0, 0.05) is 6.04 Å². The fourth-order valence-corrected chi connectivity index (χ4v) is 2.10. The van der Waals surface area contributed by atoms with Crippen LogP contribution in [0.2, 0.25) is 0 Å². The summed E-state index contributed by atoms with van der Waals surface area (Å²) in [5.74, 6) is 0. The first-order chi connectivity index (χ1) is 5.10. The van der Waals surface area contributed by atoms with E-state index in [9.17, 15) is 0 Å². The van der Waals surface area contributed by atoms with Crippen LogP contribution < -0.4 is 5.73 Å². The average molecular weight is 155 g/mol. The predicted octanol–water partition coefficient (Wildman–Crippen LogP) is 2.69. The lowest BCUT2D eigenvalue weighted by Gasteiger charge is -2.30. The third kappa shape index (κ3) is 3.24. The molecule has 0 aromatic rings. The van der Waals surface area contributed by atoms with E-state index in [1.165, 1.54) is 38.5 Å². The largest absolute Gasteiger partial charge is 0.328 e. The van der Waals surface area contributed by atoms with Crippen molar-refractivity contribution in [3.8, 4) is 0 Å². The zero-order valence-electron chi connectivity index (χ0n) is 7.90. The summed E-state index contributed by atoms with van der Waals surface area (Å²) in [4.78, 5) is 0. The highest BCUT2D eigenvalue weighted by atomic mass is 14.6. The van der Waals surface area contributed by atoms with E-state index in [0.717, 1.165) is 0 Å². The Balaban J connectivity index is 2.42. The molecule has 0 aliphatic heterocycles. The Hall–Kier alpha value is -0.0400. The molecule has 0 heterocycles. The van der Waals surface area contributed by atoms with Crippen molar-refractivity contribution in [2.75, 3.05) is 0 Å². The molecule has 0 aromatic carbocycles. The van der Waals surface area contributed by atoms with Gasteiger partial charge in [-0.15, -0.1) is 0 Å². The topological polar surface area (TPSA) is 26.0 Å². The Bertz CT molecular complexity index is 118. The van der Waals surface area contributed by atoms with Crippen molar-refractivity contribution < 1.29 is 0 Å². The lowest BCUT2D eigenvalue weighted by atomic mass is 9.78. The van der Waals surface area contributed by atoms with Crippen LogP contribution in [0.25, 0.3) is 0 Å². The molecule has 66 valence electrons. The van der Waals surface area contributed by atoms with Crippen LogP contribution in [0.1, 0.15) is 52.4 Å². The summed E-state index contributed by atoms with van der Waals surface area (Å²) in [5.41, 5.74) is 6.48. The van der Waals surface area contributed by atoms with Gasteiger partial charge in [0.05, 0.1) is 0 Å². The first kappa shape index (κ1) is 9.05. The van der Waals surface area contributed by atoms with Gasteiger partial charge in [0.25, 0.3) is 0 Å². The first-order valence-electron chi connectivity index (χ1n) is 4.86. The molecule has 1 rings (SSSR count). The molecule has 0 bridgehead atoms. The molecule has 1 heteroatoms. The Morgan fingerprint density at radius 2 is 1.91 bits per heavy atom. The van der Waals surface area contributed by atoms with E-state index in [2.05, 4.69) is 13.8 Å². The molecule has 1 aliphatic rings. The predicted molar refractivity (Wildman–Crippen MR) is 49.5 cm³/mol. The van der Waals surface area contributed by atoms with E-state index in [0.29, 0.717) is 11.5 Å². The van der Waals surface area contributed by atoms with E-state index in [4.69, 9.17) is 5.73 Å². The summed E-state index contributed by atoms with van der Waals surface area (Å²) in [6.45, 7) is 4.69. The summed E-state index contributed by atoms with van der Waals surface area (Å²) >= 11 is 0. The van der Waals surface area contributed by atoms with Crippen molar-refractivity contribution in [3.05, 3.63) is 0 Å². The fraction of sp³-hybridized carbons (Fsp3) is 1.00. The molecular formula is C10H21N. The number of rotatable bonds is 0. The third-order valence-corrected chi connectivity index (χ3v) is 2.74. The third-order valence-electron chi connectivity index (χ3n) is 2.74. The van der Waals surface area contributed by atoms with Crippen LogP contribution in [-0.4, -0.2) is 6.04 Å². The molecule has 1 aliphatic carbocycles. The fourth-order valence-electron chi connectivity index (χ4n) is 2.10. The van der Waals surface area contributed by atoms with Crippen molar-refractivity contribution in [1.82, 2.24) is 0 Å². The quantitative estimate of drug-likeness (QED) is 0.572. The highest BCUT2D eigenvalue weighted by molar-refractivity contribution is 4.77. The highest BCUT2D eigenvalue weighted by Crippen LogP contribution is 2.32. The Kier molecular flexibility index (Phi) is 2.94. The van der Waals surface area contributed by atoms with Gasteiger partial charge in [-0.05, 0) is 24.7 Å². The molecule has 1 saturated carbocycles. The smallest absolute Gasteiger partial charge is 0.00439 e. The normalized spacial score (nSPS) is 32.5. The molecule has 0 spiro atoms. The maximum absolute atomic E-state index is 5.98. The maximum Gasteiger partial charge on any atom is 0.00439 e. The van der Waals surface area contributed by atoms with Gasteiger partial charge in [-0.2, -0.15) is 0 Å². The van der Waals surface area contributed by atoms with Crippen LogP contribution in [0.15, 0.2) is 0 Å². The van der Waals surface area contributed by atoms with Gasteiger partial charge in [0.1, 0.15) is 0 Å². The van der Waals surface area contributed by atoms with Gasteiger partial charge in [0.15, 0.2) is 0 Å². The minimum atomic E-state index is 0.463. The molecular weight excluding hydrogens is 134 g/mol. The Labute approximate surface area is 70.4 Å². The Morgan fingerprint density at radius 1 is 1.18 bits per heavy atom. The SMILES string of the molecule is CC1(C)CCCCCC(N)C1. The summed E-state index contributed by atoms with van der Waals surface area (Å²) in [6, 6.07) is 0.463. The summed E-state index contributed by atoms with van der Waals surface area (Å²) in [7, 11) is 0. The van der Waals surface area contributed by atoms with Crippen LogP contribution in [0.5, 0.6) is 0 Å². The Morgan fingerprint density at radius 3 is 2.64 bits per heavy atom. The molecule has 0 radical (unpaired) electrons. The van der Waals surface area contributed by atoms with Gasteiger partial charge in [0.2, 0.25) is 0 Å². The second kappa shape index (κ2) is 3.57. The average Bonchev–Trinajstić information content (AvgIpc) is 1.82. The van der Waals surface area contributed by atoms with Crippen LogP contribution in [0.3, 0.4) is 0 Å². The lowest BCUT2D eigenvalue weighted by molar-refractivity contribution is 0.246. The van der Waals surface area contributed by atoms with Crippen molar-refractivity contribution in [2.45, 2.75) is 58.4 Å². The second-order valence-corrected chi connectivity index (χ2v) is 4.73. The van der Waals surface area contributed by atoms with E-state index in [1.807, 2.05) is 0 Å². The molecule has 11 heavy (non-hydrogen) atoms. The molecule has 0 amide bonds. The molecule has 1 atom stereocenters. The van der Waals surface area contributed by atoms with Crippen molar-refractivity contribution in [2.24, 2.45) is 11.1 Å². The number of hydrogen-bond donors (Lipinski definition) is 1. The van der Waals surface area contributed by atoms with Crippen molar-refractivity contribution in [3.63, 3.8) is 0 Å². The van der Waals surface area contributed by atoms with E-state index >= 15 is 0 Å². The van der Waals surface area contributed by atoms with Crippen LogP contribution >= 0.6 is 0 Å². The monoisotopic (exact) mass is 155 g/mol. The van der Waals surface area contributed by atoms with E-state index in [1.54, 1.807) is 0 Å². The highest BCUT2D eigenvalue weighted by Gasteiger charge is 2.22. The summed E-state index contributed by atoms with van der Waals surface area (Å²) in [6.07, 6.45) is 7.95. The number of hydrogen-bond acceptors (Lipinski definition) is 1. The molecule has 0 saturated heterocycles. The van der Waals surface area contributed by atoms with Crippen molar-refractivity contribution >= 4 is 0 Å². The minimum absolute atomic E-state index is 0.463. The molecule has 2 N–H and O–H groups in total. The van der Waals surface area contributed by atoms with E-state index < -0.39 is 0 Å². The second-order valence-electron chi connectivity index (χ2n) is 4.73. The molecule has 1 nitrogen and oxygen atoms in total. The van der Waals surface area contributed by atoms with Gasteiger partial charge >= 0.3 is 0 Å². The zero-order chi connectivity index (χ0) is 8.32.